The van der Waals surface area contributed by atoms with Crippen molar-refractivity contribution in [2.24, 2.45) is 0 Å². The number of esters is 1. The number of rotatable bonds is 5. The summed E-state index contributed by atoms with van der Waals surface area (Å²) in [4.78, 5) is 31.1. The summed E-state index contributed by atoms with van der Waals surface area (Å²) in [5, 5.41) is 4.24. The number of pyridine rings is 1. The van der Waals surface area contributed by atoms with Gasteiger partial charge in [-0.05, 0) is 75.2 Å². The number of aryl methyl sites for hydroxylation is 1. The van der Waals surface area contributed by atoms with Gasteiger partial charge < -0.3 is 15.0 Å². The molecule has 4 rings (SSSR count). The molecule has 0 spiro atoms. The highest BCUT2D eigenvalue weighted by atomic mass is 16.5. The quantitative estimate of drug-likeness (QED) is 0.625. The van der Waals surface area contributed by atoms with Crippen molar-refractivity contribution in [1.82, 2.24) is 9.88 Å². The van der Waals surface area contributed by atoms with Gasteiger partial charge in [0.2, 0.25) is 0 Å². The minimum Gasteiger partial charge on any atom is -0.462 e. The molecule has 1 amide bonds. The van der Waals surface area contributed by atoms with Gasteiger partial charge in [-0.1, -0.05) is 0 Å². The summed E-state index contributed by atoms with van der Waals surface area (Å²) in [6.45, 7) is 5.72. The second kappa shape index (κ2) is 8.53. The van der Waals surface area contributed by atoms with E-state index in [9.17, 15) is 9.59 Å². The summed E-state index contributed by atoms with van der Waals surface area (Å²) in [5.41, 5.74) is 4.57. The monoisotopic (exact) mass is 403 g/mol. The van der Waals surface area contributed by atoms with Gasteiger partial charge in [-0.25, -0.2) is 4.79 Å². The Morgan fingerprint density at radius 2 is 1.73 bits per heavy atom. The van der Waals surface area contributed by atoms with Crippen molar-refractivity contribution in [1.29, 1.82) is 0 Å². The standard InChI is InChI=1S/C24H25N3O3/c1-3-30-24(29)18-8-11-21-20(15-18)22(14-16(2)25-21)26-19-9-6-17(7-10-19)23(28)27-12-4-5-13-27/h6-11,14-15H,3-5,12-13H2,1-2H3,(H,25,26). The number of benzene rings is 2. The molecule has 0 atom stereocenters. The SMILES string of the molecule is CCOC(=O)c1ccc2nc(C)cc(Nc3ccc(C(=O)N4CCCC4)cc3)c2c1. The zero-order chi connectivity index (χ0) is 21.1. The van der Waals surface area contributed by atoms with Crippen LogP contribution in [0.4, 0.5) is 11.4 Å². The number of carbonyl (C=O) groups excluding carboxylic acids is 2. The molecule has 6 heteroatoms. The second-order valence-corrected chi connectivity index (χ2v) is 7.47. The average Bonchev–Trinajstić information content (AvgIpc) is 3.28. The predicted octanol–water partition coefficient (Wildman–Crippen LogP) is 4.70. The zero-order valence-electron chi connectivity index (χ0n) is 17.3. The van der Waals surface area contributed by atoms with Crippen LogP contribution in [-0.2, 0) is 4.74 Å². The van der Waals surface area contributed by atoms with Gasteiger partial charge in [0.1, 0.15) is 0 Å². The summed E-state index contributed by atoms with van der Waals surface area (Å²) in [6.07, 6.45) is 2.15. The van der Waals surface area contributed by atoms with Crippen LogP contribution in [0.25, 0.3) is 10.9 Å². The summed E-state index contributed by atoms with van der Waals surface area (Å²) in [5.74, 6) is -0.265. The fraction of sp³-hybridized carbons (Fsp3) is 0.292. The summed E-state index contributed by atoms with van der Waals surface area (Å²) < 4.78 is 5.12. The first kappa shape index (κ1) is 19.9. The van der Waals surface area contributed by atoms with Crippen molar-refractivity contribution in [2.75, 3.05) is 25.0 Å². The van der Waals surface area contributed by atoms with Crippen LogP contribution in [0.3, 0.4) is 0 Å². The van der Waals surface area contributed by atoms with Crippen LogP contribution in [-0.4, -0.2) is 41.5 Å². The highest BCUT2D eigenvalue weighted by Crippen LogP contribution is 2.28. The molecule has 2 aromatic carbocycles. The van der Waals surface area contributed by atoms with Crippen molar-refractivity contribution < 1.29 is 14.3 Å². The van der Waals surface area contributed by atoms with Gasteiger partial charge in [-0.3, -0.25) is 9.78 Å². The molecule has 1 aliphatic rings. The Balaban J connectivity index is 1.61. The highest BCUT2D eigenvalue weighted by Gasteiger charge is 2.19. The number of aromatic nitrogens is 1. The van der Waals surface area contributed by atoms with Crippen molar-refractivity contribution in [3.05, 3.63) is 65.4 Å². The van der Waals surface area contributed by atoms with Crippen LogP contribution in [0.2, 0.25) is 0 Å². The molecule has 2 heterocycles. The zero-order valence-corrected chi connectivity index (χ0v) is 17.3. The maximum absolute atomic E-state index is 12.5. The molecule has 3 aromatic rings. The van der Waals surface area contributed by atoms with Gasteiger partial charge in [0, 0.05) is 41.1 Å². The Morgan fingerprint density at radius 3 is 2.43 bits per heavy atom. The number of hydrogen-bond acceptors (Lipinski definition) is 5. The largest absolute Gasteiger partial charge is 0.462 e. The van der Waals surface area contributed by atoms with E-state index in [-0.39, 0.29) is 11.9 Å². The first-order chi connectivity index (χ1) is 14.5. The molecule has 0 unspecified atom stereocenters. The molecular formula is C24H25N3O3. The number of carbonyl (C=O) groups is 2. The first-order valence-electron chi connectivity index (χ1n) is 10.3. The van der Waals surface area contributed by atoms with E-state index in [0.29, 0.717) is 17.7 Å². The smallest absolute Gasteiger partial charge is 0.338 e. The van der Waals surface area contributed by atoms with Gasteiger partial charge in [0.25, 0.3) is 5.91 Å². The molecule has 1 fully saturated rings. The molecular weight excluding hydrogens is 378 g/mol. The van der Waals surface area contributed by atoms with Crippen molar-refractivity contribution in [3.8, 4) is 0 Å². The van der Waals surface area contributed by atoms with Gasteiger partial charge >= 0.3 is 5.97 Å². The highest BCUT2D eigenvalue weighted by molar-refractivity contribution is 6.00. The molecule has 0 bridgehead atoms. The fourth-order valence-corrected chi connectivity index (χ4v) is 3.76. The Labute approximate surface area is 175 Å². The van der Waals surface area contributed by atoms with Crippen molar-refractivity contribution in [2.45, 2.75) is 26.7 Å². The molecule has 1 saturated heterocycles. The van der Waals surface area contributed by atoms with E-state index in [1.54, 1.807) is 19.1 Å². The summed E-state index contributed by atoms with van der Waals surface area (Å²) in [6, 6.07) is 14.8. The van der Waals surface area contributed by atoms with Gasteiger partial charge in [0.15, 0.2) is 0 Å². The van der Waals surface area contributed by atoms with Crippen LogP contribution in [0.1, 0.15) is 46.2 Å². The lowest BCUT2D eigenvalue weighted by Crippen LogP contribution is -2.27. The predicted molar refractivity (Wildman–Crippen MR) is 117 cm³/mol. The van der Waals surface area contributed by atoms with Crippen molar-refractivity contribution in [3.63, 3.8) is 0 Å². The first-order valence-corrected chi connectivity index (χ1v) is 10.3. The number of nitrogens with zero attached hydrogens (tertiary/aromatic N) is 2. The molecule has 0 radical (unpaired) electrons. The maximum atomic E-state index is 12.5. The van der Waals surface area contributed by atoms with E-state index in [1.807, 2.05) is 48.2 Å². The molecule has 6 nitrogen and oxygen atoms in total. The Bertz CT molecular complexity index is 1090. The lowest BCUT2D eigenvalue weighted by Gasteiger charge is -2.16. The fourth-order valence-electron chi connectivity index (χ4n) is 3.76. The normalized spacial score (nSPS) is 13.5. The minimum atomic E-state index is -0.351. The maximum Gasteiger partial charge on any atom is 0.338 e. The van der Waals surface area contributed by atoms with Gasteiger partial charge in [-0.15, -0.1) is 0 Å². The van der Waals surface area contributed by atoms with E-state index < -0.39 is 0 Å². The summed E-state index contributed by atoms with van der Waals surface area (Å²) in [7, 11) is 0. The second-order valence-electron chi connectivity index (χ2n) is 7.47. The Kier molecular flexibility index (Phi) is 5.65. The van der Waals surface area contributed by atoms with Crippen LogP contribution in [0, 0.1) is 6.92 Å². The van der Waals surface area contributed by atoms with Crippen LogP contribution >= 0.6 is 0 Å². The molecule has 30 heavy (non-hydrogen) atoms. The molecule has 0 saturated carbocycles. The van der Waals surface area contributed by atoms with Gasteiger partial charge in [-0.2, -0.15) is 0 Å². The van der Waals surface area contributed by atoms with E-state index in [0.717, 1.165) is 53.9 Å². The number of ether oxygens (including phenoxy) is 1. The molecule has 154 valence electrons. The number of hydrogen-bond donors (Lipinski definition) is 1. The third kappa shape index (κ3) is 4.13. The topological polar surface area (TPSA) is 71.5 Å². The van der Waals surface area contributed by atoms with E-state index in [2.05, 4.69) is 10.3 Å². The molecule has 0 aliphatic carbocycles. The number of amides is 1. The van der Waals surface area contributed by atoms with Crippen LogP contribution < -0.4 is 5.32 Å². The molecule has 1 aliphatic heterocycles. The molecule has 1 aromatic heterocycles. The Morgan fingerprint density at radius 1 is 1.03 bits per heavy atom. The number of nitrogens with one attached hydrogen (secondary N) is 1. The van der Waals surface area contributed by atoms with E-state index in [1.165, 1.54) is 0 Å². The number of likely N-dealkylation sites (tertiary alicyclic amines) is 1. The lowest BCUT2D eigenvalue weighted by atomic mass is 10.1. The average molecular weight is 403 g/mol. The third-order valence-electron chi connectivity index (χ3n) is 5.25. The lowest BCUT2D eigenvalue weighted by molar-refractivity contribution is 0.0526. The third-order valence-corrected chi connectivity index (χ3v) is 5.25. The minimum absolute atomic E-state index is 0.0864. The Hall–Kier alpha value is -3.41. The summed E-state index contributed by atoms with van der Waals surface area (Å²) >= 11 is 0. The van der Waals surface area contributed by atoms with Crippen molar-refractivity contribution >= 4 is 34.2 Å². The number of fused-ring (bicyclic) bond motifs is 1. The van der Waals surface area contributed by atoms with Gasteiger partial charge in [0.05, 0.1) is 17.7 Å². The van der Waals surface area contributed by atoms with Crippen LogP contribution in [0.15, 0.2) is 48.5 Å². The molecule has 1 N–H and O–H groups in total. The van der Waals surface area contributed by atoms with E-state index >= 15 is 0 Å². The van der Waals surface area contributed by atoms with E-state index in [4.69, 9.17) is 4.74 Å². The van der Waals surface area contributed by atoms with Crippen LogP contribution in [0.5, 0.6) is 0 Å². The number of anilines is 2.